The monoisotopic (exact) mass is 662 g/mol. The van der Waals surface area contributed by atoms with E-state index in [0.717, 1.165) is 46.5 Å². The number of amides is 1. The number of allylic oxidation sites excluding steroid dienone is 4. The lowest BCUT2D eigenvalue weighted by molar-refractivity contribution is -0.120. The normalized spacial score (nSPS) is 19.5. The first kappa shape index (κ1) is 32.0. The van der Waals surface area contributed by atoms with Crippen LogP contribution in [-0.2, 0) is 14.4 Å². The lowest BCUT2D eigenvalue weighted by atomic mass is 9.63. The number of anilines is 1. The first-order valence-electron chi connectivity index (χ1n) is 15.5. The highest BCUT2D eigenvalue weighted by Crippen LogP contribution is 2.55. The molecule has 8 heteroatoms. The lowest BCUT2D eigenvalue weighted by Gasteiger charge is -2.49. The molecule has 1 heterocycles. The van der Waals surface area contributed by atoms with Crippen molar-refractivity contribution >= 4 is 39.1 Å². The summed E-state index contributed by atoms with van der Waals surface area (Å²) in [7, 11) is 0. The first-order chi connectivity index (χ1) is 20.7. The van der Waals surface area contributed by atoms with Crippen molar-refractivity contribution in [2.45, 2.75) is 80.1 Å². The van der Waals surface area contributed by atoms with Gasteiger partial charge in [0.25, 0.3) is 5.91 Å². The Morgan fingerprint density at radius 1 is 0.932 bits per heavy atom. The third-order valence-corrected chi connectivity index (χ3v) is 9.24. The van der Waals surface area contributed by atoms with E-state index in [0.29, 0.717) is 47.7 Å². The maximum absolute atomic E-state index is 14.0. The standard InChI is InChI=1S/C36H43BrN2O5/c1-8-39-25-16-35(4,5)18-27(40)32(25)31(33-26(39)17-36(6,7)19-28(33)41)22-14-24(37)34(29(15-22)43-9-2)44-20-30(42)38-23-12-10-11-21(3)13-23/h10-15,31H,8-9,16-20H2,1-7H3,(H,38,42). The quantitative estimate of drug-likeness (QED) is 0.310. The Hall–Kier alpha value is -3.39. The van der Waals surface area contributed by atoms with Gasteiger partial charge in [-0.1, -0.05) is 39.8 Å². The lowest BCUT2D eigenvalue weighted by Crippen LogP contribution is -2.44. The van der Waals surface area contributed by atoms with E-state index in [1.807, 2.05) is 50.2 Å². The van der Waals surface area contributed by atoms with Crippen molar-refractivity contribution in [1.29, 1.82) is 0 Å². The number of carbonyl (C=O) groups excluding carboxylic acids is 3. The van der Waals surface area contributed by atoms with Crippen molar-refractivity contribution in [3.63, 3.8) is 0 Å². The van der Waals surface area contributed by atoms with Gasteiger partial charge in [0.15, 0.2) is 29.7 Å². The molecule has 1 aliphatic heterocycles. The molecule has 1 amide bonds. The first-order valence-corrected chi connectivity index (χ1v) is 16.3. The van der Waals surface area contributed by atoms with Crippen molar-refractivity contribution < 1.29 is 23.9 Å². The van der Waals surface area contributed by atoms with Gasteiger partial charge in [0, 0.05) is 53.5 Å². The van der Waals surface area contributed by atoms with Crippen molar-refractivity contribution in [1.82, 2.24) is 4.90 Å². The summed E-state index contributed by atoms with van der Waals surface area (Å²) in [6.07, 6.45) is 2.39. The second kappa shape index (κ2) is 12.2. The topological polar surface area (TPSA) is 84.9 Å². The maximum atomic E-state index is 14.0. The van der Waals surface area contributed by atoms with Gasteiger partial charge < -0.3 is 19.7 Å². The van der Waals surface area contributed by atoms with E-state index in [9.17, 15) is 14.4 Å². The molecule has 0 fully saturated rings. The van der Waals surface area contributed by atoms with Gasteiger partial charge in [-0.3, -0.25) is 14.4 Å². The maximum Gasteiger partial charge on any atom is 0.262 e. The summed E-state index contributed by atoms with van der Waals surface area (Å²) in [5.41, 5.74) is 5.70. The number of nitrogens with zero attached hydrogens (tertiary/aromatic N) is 1. The Labute approximate surface area is 269 Å². The summed E-state index contributed by atoms with van der Waals surface area (Å²) in [5.74, 6) is 0.240. The molecule has 0 unspecified atom stereocenters. The SMILES string of the molecule is CCOc1cc(C2C3=C(CC(C)(C)CC3=O)N(CC)C3=C2C(=O)CC(C)(C)C3)cc(Br)c1OCC(=O)Nc1cccc(C)c1. The summed E-state index contributed by atoms with van der Waals surface area (Å²) in [4.78, 5) is 43.0. The number of hydrogen-bond donors (Lipinski definition) is 1. The van der Waals surface area contributed by atoms with Crippen LogP contribution in [0.4, 0.5) is 5.69 Å². The third kappa shape index (κ3) is 6.37. The fourth-order valence-corrected chi connectivity index (χ4v) is 7.55. The molecule has 0 bridgehead atoms. The molecular formula is C36H43BrN2O5. The average molecular weight is 664 g/mol. The zero-order valence-corrected chi connectivity index (χ0v) is 28.4. The van der Waals surface area contributed by atoms with E-state index in [-0.39, 0.29) is 34.9 Å². The number of ketones is 2. The fraction of sp³-hybridized carbons (Fsp3) is 0.472. The molecule has 0 aromatic heterocycles. The van der Waals surface area contributed by atoms with E-state index in [4.69, 9.17) is 9.47 Å². The summed E-state index contributed by atoms with van der Waals surface area (Å²) in [6, 6.07) is 11.4. The molecule has 0 atom stereocenters. The Balaban J connectivity index is 1.57. The van der Waals surface area contributed by atoms with Crippen LogP contribution in [0.1, 0.15) is 84.3 Å². The van der Waals surface area contributed by atoms with Gasteiger partial charge in [-0.15, -0.1) is 0 Å². The van der Waals surface area contributed by atoms with Crippen LogP contribution in [0.5, 0.6) is 11.5 Å². The summed E-state index contributed by atoms with van der Waals surface area (Å²) < 4.78 is 12.7. The molecule has 2 aromatic carbocycles. The van der Waals surface area contributed by atoms with Gasteiger partial charge in [0.2, 0.25) is 0 Å². The molecule has 0 spiro atoms. The molecule has 5 rings (SSSR count). The predicted octanol–water partition coefficient (Wildman–Crippen LogP) is 7.88. The van der Waals surface area contributed by atoms with Crippen LogP contribution in [-0.4, -0.2) is 42.1 Å². The molecule has 234 valence electrons. The smallest absolute Gasteiger partial charge is 0.262 e. The van der Waals surface area contributed by atoms with E-state index in [1.165, 1.54) is 0 Å². The largest absolute Gasteiger partial charge is 0.490 e. The molecule has 0 saturated carbocycles. The number of nitrogens with one attached hydrogen (secondary N) is 1. The highest BCUT2D eigenvalue weighted by Gasteiger charge is 2.48. The third-order valence-electron chi connectivity index (χ3n) is 8.65. The van der Waals surface area contributed by atoms with Crippen molar-refractivity contribution in [3.05, 3.63) is 74.5 Å². The van der Waals surface area contributed by atoms with Crippen LogP contribution in [0.3, 0.4) is 0 Å². The summed E-state index contributed by atoms with van der Waals surface area (Å²) >= 11 is 3.68. The number of aryl methyl sites for hydroxylation is 1. The Morgan fingerprint density at radius 3 is 2.09 bits per heavy atom. The minimum absolute atomic E-state index is 0.0890. The predicted molar refractivity (Wildman–Crippen MR) is 176 cm³/mol. The van der Waals surface area contributed by atoms with Crippen LogP contribution in [0, 0.1) is 17.8 Å². The number of carbonyl (C=O) groups is 3. The number of ether oxygens (including phenoxy) is 2. The van der Waals surface area contributed by atoms with Crippen molar-refractivity contribution in [2.24, 2.45) is 10.8 Å². The Kier molecular flexibility index (Phi) is 8.87. The summed E-state index contributed by atoms with van der Waals surface area (Å²) in [5, 5.41) is 2.87. The molecule has 3 aliphatic rings. The van der Waals surface area contributed by atoms with E-state index < -0.39 is 5.92 Å². The van der Waals surface area contributed by atoms with Crippen molar-refractivity contribution in [3.8, 4) is 11.5 Å². The van der Waals surface area contributed by atoms with Gasteiger partial charge in [0.1, 0.15) is 0 Å². The van der Waals surface area contributed by atoms with Crippen LogP contribution >= 0.6 is 15.9 Å². The highest BCUT2D eigenvalue weighted by molar-refractivity contribution is 9.10. The second-order valence-electron chi connectivity index (χ2n) is 13.7. The number of hydrogen-bond acceptors (Lipinski definition) is 6. The minimum Gasteiger partial charge on any atom is -0.490 e. The molecule has 0 saturated heterocycles. The summed E-state index contributed by atoms with van der Waals surface area (Å²) in [6.45, 7) is 15.4. The Bertz CT molecular complexity index is 1530. The van der Waals surface area contributed by atoms with Gasteiger partial charge in [0.05, 0.1) is 11.1 Å². The Morgan fingerprint density at radius 2 is 1.55 bits per heavy atom. The number of halogens is 1. The average Bonchev–Trinajstić information content (AvgIpc) is 2.90. The molecular weight excluding hydrogens is 620 g/mol. The van der Waals surface area contributed by atoms with Crippen LogP contribution < -0.4 is 14.8 Å². The molecule has 0 radical (unpaired) electrons. The van der Waals surface area contributed by atoms with Crippen LogP contribution in [0.15, 0.2) is 63.4 Å². The van der Waals surface area contributed by atoms with E-state index in [2.05, 4.69) is 60.8 Å². The molecule has 44 heavy (non-hydrogen) atoms. The van der Waals surface area contributed by atoms with Crippen LogP contribution in [0.2, 0.25) is 0 Å². The highest BCUT2D eigenvalue weighted by atomic mass is 79.9. The molecule has 2 aliphatic carbocycles. The van der Waals surface area contributed by atoms with Crippen molar-refractivity contribution in [2.75, 3.05) is 25.1 Å². The van der Waals surface area contributed by atoms with Crippen LogP contribution in [0.25, 0.3) is 0 Å². The second-order valence-corrected chi connectivity index (χ2v) is 14.6. The number of Topliss-reactive ketones (excluding diaryl/α,β-unsaturated/α-hetero) is 2. The van der Waals surface area contributed by atoms with Gasteiger partial charge in [-0.25, -0.2) is 0 Å². The van der Waals surface area contributed by atoms with Gasteiger partial charge >= 0.3 is 0 Å². The molecule has 7 nitrogen and oxygen atoms in total. The fourth-order valence-electron chi connectivity index (χ4n) is 6.98. The zero-order chi connectivity index (χ0) is 32.0. The van der Waals surface area contributed by atoms with Gasteiger partial charge in [-0.05, 0) is 95.8 Å². The van der Waals surface area contributed by atoms with Gasteiger partial charge in [-0.2, -0.15) is 0 Å². The zero-order valence-electron chi connectivity index (χ0n) is 26.9. The molecule has 1 N–H and O–H groups in total. The van der Waals surface area contributed by atoms with E-state index >= 15 is 0 Å². The van der Waals surface area contributed by atoms with E-state index in [1.54, 1.807) is 0 Å². The minimum atomic E-state index is -0.496. The number of rotatable bonds is 8. The number of benzene rings is 2. The molecule has 2 aromatic rings.